The molecule has 0 radical (unpaired) electrons. The van der Waals surface area contributed by atoms with E-state index in [4.69, 9.17) is 35.3 Å². The van der Waals surface area contributed by atoms with Crippen LogP contribution in [-0.4, -0.2) is 144 Å². The third-order valence-corrected chi connectivity index (χ3v) is 12.9. The van der Waals surface area contributed by atoms with Crippen LogP contribution in [0.25, 0.3) is 0 Å². The Morgan fingerprint density at radius 3 is 2.28 bits per heavy atom. The quantitative estimate of drug-likeness (QED) is 0.228. The number of urea groups is 1. The fraction of sp³-hybridized carbons (Fsp3) is 0.689. The highest BCUT2D eigenvalue weighted by Gasteiger charge is 2.51. The number of anilines is 1. The highest BCUT2D eigenvalue weighted by Crippen LogP contribution is 2.39. The Labute approximate surface area is 361 Å². The van der Waals surface area contributed by atoms with E-state index in [0.29, 0.717) is 23.6 Å². The Morgan fingerprint density at radius 2 is 1.65 bits per heavy atom. The molecule has 0 aliphatic carbocycles. The van der Waals surface area contributed by atoms with Crippen LogP contribution in [-0.2, 0) is 34.9 Å². The lowest BCUT2D eigenvalue weighted by molar-refractivity contribution is -0.317. The Balaban J connectivity index is 1.57. The molecule has 3 aliphatic rings. The molecule has 3 fully saturated rings. The molecule has 14 nitrogen and oxygen atoms in total. The molecule has 3 amide bonds. The van der Waals surface area contributed by atoms with Gasteiger partial charge in [-0.3, -0.25) is 4.79 Å². The van der Waals surface area contributed by atoms with Crippen molar-refractivity contribution in [3.05, 3.63) is 65.2 Å². The summed E-state index contributed by atoms with van der Waals surface area (Å²) in [5, 5.41) is 42.2. The predicted molar refractivity (Wildman–Crippen MR) is 229 cm³/mol. The maximum atomic E-state index is 14.7. The minimum absolute atomic E-state index is 0.152. The lowest BCUT2D eigenvalue weighted by Gasteiger charge is -2.48. The van der Waals surface area contributed by atoms with E-state index in [0.717, 1.165) is 5.56 Å². The Hall–Kier alpha value is -2.89. The minimum atomic E-state index is -1.61. The summed E-state index contributed by atoms with van der Waals surface area (Å²) in [4.78, 5) is 32.5. The van der Waals surface area contributed by atoms with Gasteiger partial charge in [-0.05, 0) is 96.8 Å². The van der Waals surface area contributed by atoms with Crippen molar-refractivity contribution in [3.63, 3.8) is 0 Å². The first-order chi connectivity index (χ1) is 28.2. The third kappa shape index (κ3) is 12.0. The number of amides is 3. The van der Waals surface area contributed by atoms with Crippen LogP contribution in [0.4, 0.5) is 10.5 Å². The van der Waals surface area contributed by atoms with E-state index in [1.54, 1.807) is 56.9 Å². The molecule has 3 saturated heterocycles. The molecule has 336 valence electrons. The lowest BCUT2D eigenvalue weighted by atomic mass is 9.77. The lowest BCUT2D eigenvalue weighted by Crippen LogP contribution is -2.60. The van der Waals surface area contributed by atoms with Crippen LogP contribution in [0, 0.1) is 17.8 Å². The monoisotopic (exact) mass is 860 g/mol. The van der Waals surface area contributed by atoms with Gasteiger partial charge in [-0.2, -0.15) is 0 Å². The van der Waals surface area contributed by atoms with Crippen LogP contribution in [0.1, 0.15) is 73.3 Å². The molecule has 0 spiro atoms. The van der Waals surface area contributed by atoms with Crippen LogP contribution < -0.4 is 10.6 Å². The van der Waals surface area contributed by atoms with Gasteiger partial charge in [-0.25, -0.2) is 4.79 Å². The molecule has 15 atom stereocenters. The van der Waals surface area contributed by atoms with Gasteiger partial charge in [0.15, 0.2) is 12.6 Å². The Morgan fingerprint density at radius 1 is 0.983 bits per heavy atom. The standard InChI is InChI=1S/C45H69ClN4O10/c1-26-22-44(6,55)40(60-42-37(51)35(49(8)9)20-27(2)57-42)28(3)38(59-36-23-45(7,56-10)39(52)30(5)58-36)29(4)41(53)47-34(21-31-14-12-11-13-15-31)25-50(24-26)43(54)48-33-18-16-32(46)17-19-33/h11-19,26-30,34-40,42,51-52,55H,20-25H2,1-10H3,(H,47,53)(H,48,54)/t26-,27-,28+,29-,30?,34?,35+,36+,37-,38?,39+,40-,42?,44-,45?/m1/s1. The number of aliphatic hydroxyl groups excluding tert-OH is 2. The number of rotatable bonds is 9. The number of hydrogen-bond acceptors (Lipinski definition) is 11. The third-order valence-electron chi connectivity index (χ3n) is 12.6. The Bertz CT molecular complexity index is 1690. The first-order valence-corrected chi connectivity index (χ1v) is 21.7. The number of nitrogens with one attached hydrogen (secondary N) is 2. The van der Waals surface area contributed by atoms with Gasteiger partial charge in [0.1, 0.15) is 12.2 Å². The van der Waals surface area contributed by atoms with Gasteiger partial charge in [0, 0.05) is 49.3 Å². The highest BCUT2D eigenvalue weighted by molar-refractivity contribution is 6.30. The second-order valence-electron chi connectivity index (χ2n) is 18.2. The van der Waals surface area contributed by atoms with Crippen LogP contribution in [0.3, 0.4) is 0 Å². The SMILES string of the molecule is COC1(C)C[C@H](OC2[C@@H](C)C(=O)NC(Cc3ccccc3)CN(C(=O)Nc3ccc(Cl)cc3)C[C@H](C)C[C@@](C)(O)[C@H](OC3O[C@H](C)C[C@H](N(C)C)[C@H]3O)[C@H]2C)OC(C)[C@@H]1O. The van der Waals surface area contributed by atoms with Gasteiger partial charge >= 0.3 is 6.03 Å². The molecule has 60 heavy (non-hydrogen) atoms. The fourth-order valence-electron chi connectivity index (χ4n) is 9.32. The molecule has 0 saturated carbocycles. The first kappa shape index (κ1) is 48.1. The molecule has 0 aromatic heterocycles. The van der Waals surface area contributed by atoms with E-state index in [9.17, 15) is 24.9 Å². The average Bonchev–Trinajstić information content (AvgIpc) is 3.19. The van der Waals surface area contributed by atoms with Crippen molar-refractivity contribution in [2.75, 3.05) is 39.6 Å². The fourth-order valence-corrected chi connectivity index (χ4v) is 9.45. The zero-order chi connectivity index (χ0) is 44.1. The second kappa shape index (κ2) is 20.5. The molecule has 2 aromatic rings. The predicted octanol–water partition coefficient (Wildman–Crippen LogP) is 5.06. The van der Waals surface area contributed by atoms with Crippen LogP contribution in [0.2, 0.25) is 5.02 Å². The molecule has 5 unspecified atom stereocenters. The summed E-state index contributed by atoms with van der Waals surface area (Å²) in [5.74, 6) is -2.21. The first-order valence-electron chi connectivity index (χ1n) is 21.3. The smallest absolute Gasteiger partial charge is 0.321 e. The summed E-state index contributed by atoms with van der Waals surface area (Å²) in [6.45, 7) is 13.1. The molecule has 15 heteroatoms. The van der Waals surface area contributed by atoms with Crippen LogP contribution in [0.15, 0.2) is 54.6 Å². The van der Waals surface area contributed by atoms with Gasteiger partial charge in [0.05, 0.1) is 47.6 Å². The largest absolute Gasteiger partial charge is 0.387 e. The number of aliphatic hydroxyl groups is 3. The highest BCUT2D eigenvalue weighted by atomic mass is 35.5. The molecule has 5 rings (SSSR count). The van der Waals surface area contributed by atoms with Gasteiger partial charge in [0.25, 0.3) is 0 Å². The molecule has 0 bridgehead atoms. The number of methoxy groups -OCH3 is 1. The second-order valence-corrected chi connectivity index (χ2v) is 18.7. The number of carbonyl (C=O) groups is 2. The van der Waals surface area contributed by atoms with E-state index in [1.807, 2.05) is 70.1 Å². The number of nitrogens with zero attached hydrogens (tertiary/aromatic N) is 2. The summed E-state index contributed by atoms with van der Waals surface area (Å²) in [7, 11) is 5.31. The summed E-state index contributed by atoms with van der Waals surface area (Å²) in [5.41, 5.74) is -1.09. The van der Waals surface area contributed by atoms with Crippen LogP contribution in [0.5, 0.6) is 0 Å². The minimum Gasteiger partial charge on any atom is -0.387 e. The zero-order valence-electron chi connectivity index (χ0n) is 36.9. The maximum absolute atomic E-state index is 14.7. The van der Waals surface area contributed by atoms with E-state index < -0.39 is 72.2 Å². The van der Waals surface area contributed by atoms with Crippen molar-refractivity contribution in [1.82, 2.24) is 15.1 Å². The van der Waals surface area contributed by atoms with E-state index in [-0.39, 0.29) is 55.9 Å². The van der Waals surface area contributed by atoms with Gasteiger partial charge in [-0.15, -0.1) is 0 Å². The van der Waals surface area contributed by atoms with Crippen molar-refractivity contribution < 1.29 is 48.6 Å². The number of benzene rings is 2. The molecule has 3 aliphatic heterocycles. The molecule has 2 aromatic carbocycles. The molecular weight excluding hydrogens is 792 g/mol. The summed E-state index contributed by atoms with van der Waals surface area (Å²) < 4.78 is 31.9. The van der Waals surface area contributed by atoms with Crippen molar-refractivity contribution in [2.45, 2.75) is 147 Å². The van der Waals surface area contributed by atoms with Crippen LogP contribution >= 0.6 is 11.6 Å². The van der Waals surface area contributed by atoms with Gasteiger partial charge in [0.2, 0.25) is 5.91 Å². The molecular formula is C45H69ClN4O10. The molecule has 5 N–H and O–H groups in total. The number of carbonyl (C=O) groups excluding carboxylic acids is 2. The van der Waals surface area contributed by atoms with Crippen molar-refractivity contribution >= 4 is 29.2 Å². The zero-order valence-corrected chi connectivity index (χ0v) is 37.7. The summed E-state index contributed by atoms with van der Waals surface area (Å²) in [6.07, 6.45) is -5.61. The summed E-state index contributed by atoms with van der Waals surface area (Å²) >= 11 is 6.14. The average molecular weight is 862 g/mol. The van der Waals surface area contributed by atoms with Gasteiger partial charge < -0.3 is 59.4 Å². The summed E-state index contributed by atoms with van der Waals surface area (Å²) in [6, 6.07) is 15.4. The van der Waals surface area contributed by atoms with E-state index in [1.165, 1.54) is 7.11 Å². The number of hydrogen-bond donors (Lipinski definition) is 5. The van der Waals surface area contributed by atoms with Crippen molar-refractivity contribution in [3.8, 4) is 0 Å². The number of halogens is 1. The van der Waals surface area contributed by atoms with Crippen molar-refractivity contribution in [2.24, 2.45) is 17.8 Å². The normalized spacial score (nSPS) is 38.6. The number of likely N-dealkylation sites (N-methyl/N-ethyl adjacent to an activating group) is 1. The van der Waals surface area contributed by atoms with Crippen molar-refractivity contribution in [1.29, 1.82) is 0 Å². The topological polar surface area (TPSA) is 172 Å². The number of ether oxygens (including phenoxy) is 5. The Kier molecular flexibility index (Phi) is 16.5. The molecule has 3 heterocycles. The maximum Gasteiger partial charge on any atom is 0.321 e. The van der Waals surface area contributed by atoms with E-state index >= 15 is 0 Å². The van der Waals surface area contributed by atoms with E-state index in [2.05, 4.69) is 10.6 Å². The van der Waals surface area contributed by atoms with Gasteiger partial charge in [-0.1, -0.05) is 62.7 Å².